The highest BCUT2D eigenvalue weighted by Crippen LogP contribution is 2.25. The molecule has 0 spiro atoms. The second-order valence-corrected chi connectivity index (χ2v) is 7.35. The Morgan fingerprint density at radius 2 is 2.14 bits per heavy atom. The minimum absolute atomic E-state index is 0.0944. The molecule has 2 amide bonds. The van der Waals surface area contributed by atoms with Gasteiger partial charge in [-0.2, -0.15) is 0 Å². The van der Waals surface area contributed by atoms with E-state index in [-0.39, 0.29) is 17.9 Å². The third kappa shape index (κ3) is 5.13. The molecule has 2 fully saturated rings. The zero-order valence-corrected chi connectivity index (χ0v) is 16.9. The average molecular weight is 407 g/mol. The van der Waals surface area contributed by atoms with Crippen molar-refractivity contribution in [1.29, 1.82) is 0 Å². The van der Waals surface area contributed by atoms with Gasteiger partial charge in [0.1, 0.15) is 5.82 Å². The molecule has 1 unspecified atom stereocenters. The molecule has 3 heterocycles. The molecule has 152 valence electrons. The summed E-state index contributed by atoms with van der Waals surface area (Å²) in [5.41, 5.74) is 0. The summed E-state index contributed by atoms with van der Waals surface area (Å²) < 4.78 is 0. The average Bonchev–Trinajstić information content (AvgIpc) is 3.13. The van der Waals surface area contributed by atoms with E-state index in [1.165, 1.54) is 4.90 Å². The Morgan fingerprint density at radius 3 is 2.86 bits per heavy atom. The van der Waals surface area contributed by atoms with Crippen LogP contribution < -0.4 is 15.5 Å². The van der Waals surface area contributed by atoms with E-state index in [4.69, 9.17) is 11.6 Å². The van der Waals surface area contributed by atoms with Crippen molar-refractivity contribution in [3.63, 3.8) is 0 Å². The molecule has 8 nitrogen and oxygen atoms in total. The van der Waals surface area contributed by atoms with Crippen LogP contribution in [0.1, 0.15) is 32.6 Å². The summed E-state index contributed by atoms with van der Waals surface area (Å²) in [4.78, 5) is 36.2. The number of anilines is 1. The molecule has 1 aromatic rings. The van der Waals surface area contributed by atoms with Gasteiger partial charge in [0.05, 0.1) is 11.6 Å². The molecule has 2 aliphatic heterocycles. The van der Waals surface area contributed by atoms with E-state index in [1.807, 2.05) is 19.1 Å². The Bertz CT molecular complexity index is 725. The van der Waals surface area contributed by atoms with Crippen LogP contribution in [0, 0.1) is 0 Å². The topological polar surface area (TPSA) is 89.9 Å². The van der Waals surface area contributed by atoms with Gasteiger partial charge < -0.3 is 15.5 Å². The number of piperidine rings is 1. The van der Waals surface area contributed by atoms with Crippen molar-refractivity contribution in [2.75, 3.05) is 37.6 Å². The van der Waals surface area contributed by atoms with Crippen molar-refractivity contribution in [3.05, 3.63) is 23.4 Å². The number of carbonyl (C=O) groups excluding carboxylic acids is 2. The molecule has 0 aromatic carbocycles. The molecular weight excluding hydrogens is 380 g/mol. The summed E-state index contributed by atoms with van der Waals surface area (Å²) >= 11 is 6.25. The Balaban J connectivity index is 1.54. The SMILES string of the molecule is CCNC(=NCCN1C(=O)CCCC1=O)NC1CCN(c2ncccc2Cl)C1. The Hall–Kier alpha value is -2.35. The maximum absolute atomic E-state index is 11.9. The minimum atomic E-state index is -0.0944. The minimum Gasteiger partial charge on any atom is -0.357 e. The van der Waals surface area contributed by atoms with Crippen LogP contribution in [0.15, 0.2) is 23.3 Å². The van der Waals surface area contributed by atoms with E-state index < -0.39 is 0 Å². The highest BCUT2D eigenvalue weighted by molar-refractivity contribution is 6.32. The monoisotopic (exact) mass is 406 g/mol. The van der Waals surface area contributed by atoms with Crippen LogP contribution in [-0.2, 0) is 9.59 Å². The Morgan fingerprint density at radius 1 is 1.36 bits per heavy atom. The van der Waals surface area contributed by atoms with Gasteiger partial charge in [-0.05, 0) is 31.9 Å². The van der Waals surface area contributed by atoms with Crippen molar-refractivity contribution in [2.45, 2.75) is 38.6 Å². The predicted octanol–water partition coefficient (Wildman–Crippen LogP) is 1.41. The van der Waals surface area contributed by atoms with E-state index in [0.717, 1.165) is 31.9 Å². The fourth-order valence-electron chi connectivity index (χ4n) is 3.50. The molecular formula is C19H27ClN6O2. The van der Waals surface area contributed by atoms with E-state index in [0.29, 0.717) is 43.3 Å². The Kier molecular flexibility index (Phi) is 7.08. The normalized spacial score (nSPS) is 20.6. The van der Waals surface area contributed by atoms with Crippen LogP contribution >= 0.6 is 11.6 Å². The molecule has 0 radical (unpaired) electrons. The number of hydrogen-bond donors (Lipinski definition) is 2. The second kappa shape index (κ2) is 9.73. The number of rotatable bonds is 6. The van der Waals surface area contributed by atoms with Gasteiger partial charge in [-0.25, -0.2) is 4.98 Å². The van der Waals surface area contributed by atoms with Crippen molar-refractivity contribution < 1.29 is 9.59 Å². The number of nitrogens with one attached hydrogen (secondary N) is 2. The fraction of sp³-hybridized carbons (Fsp3) is 0.579. The summed E-state index contributed by atoms with van der Waals surface area (Å²) in [7, 11) is 0. The number of aliphatic imine (C=N–C) groups is 1. The van der Waals surface area contributed by atoms with Crippen molar-refractivity contribution in [1.82, 2.24) is 20.5 Å². The number of nitrogens with zero attached hydrogens (tertiary/aromatic N) is 4. The van der Waals surface area contributed by atoms with Crippen molar-refractivity contribution >= 4 is 35.2 Å². The number of likely N-dealkylation sites (tertiary alicyclic amines) is 1. The van der Waals surface area contributed by atoms with Crippen LogP contribution in [0.25, 0.3) is 0 Å². The molecule has 28 heavy (non-hydrogen) atoms. The van der Waals surface area contributed by atoms with Gasteiger partial charge in [0.25, 0.3) is 0 Å². The summed E-state index contributed by atoms with van der Waals surface area (Å²) in [5, 5.41) is 7.31. The first-order valence-corrected chi connectivity index (χ1v) is 10.2. The highest BCUT2D eigenvalue weighted by Gasteiger charge is 2.26. The number of aromatic nitrogens is 1. The maximum atomic E-state index is 11.9. The lowest BCUT2D eigenvalue weighted by Crippen LogP contribution is -2.45. The van der Waals surface area contributed by atoms with Crippen LogP contribution in [0.4, 0.5) is 5.82 Å². The first-order chi connectivity index (χ1) is 13.6. The van der Waals surface area contributed by atoms with Crippen LogP contribution in [-0.4, -0.2) is 66.4 Å². The summed E-state index contributed by atoms with van der Waals surface area (Å²) in [5.74, 6) is 1.31. The number of halogens is 1. The highest BCUT2D eigenvalue weighted by atomic mass is 35.5. The molecule has 1 atom stereocenters. The van der Waals surface area contributed by atoms with Gasteiger partial charge in [0.2, 0.25) is 11.8 Å². The lowest BCUT2D eigenvalue weighted by Gasteiger charge is -2.24. The number of imide groups is 1. The quantitative estimate of drug-likeness (QED) is 0.421. The van der Waals surface area contributed by atoms with Crippen LogP contribution in [0.3, 0.4) is 0 Å². The maximum Gasteiger partial charge on any atom is 0.229 e. The molecule has 2 N–H and O–H groups in total. The van der Waals surface area contributed by atoms with E-state index in [9.17, 15) is 9.59 Å². The number of hydrogen-bond acceptors (Lipinski definition) is 5. The number of carbonyl (C=O) groups is 2. The van der Waals surface area contributed by atoms with Crippen molar-refractivity contribution in [3.8, 4) is 0 Å². The molecule has 2 aliphatic rings. The first kappa shape index (κ1) is 20.4. The molecule has 9 heteroatoms. The van der Waals surface area contributed by atoms with Gasteiger partial charge in [0.15, 0.2) is 5.96 Å². The first-order valence-electron chi connectivity index (χ1n) is 9.82. The zero-order valence-electron chi connectivity index (χ0n) is 16.2. The third-order valence-electron chi connectivity index (χ3n) is 4.89. The van der Waals surface area contributed by atoms with Gasteiger partial charge in [-0.15, -0.1) is 0 Å². The summed E-state index contributed by atoms with van der Waals surface area (Å²) in [6.45, 7) is 5.10. The van der Waals surface area contributed by atoms with Crippen LogP contribution in [0.2, 0.25) is 5.02 Å². The standard InChI is InChI=1S/C19H27ClN6O2/c1-2-21-19(23-10-12-26-16(27)6-3-7-17(26)28)24-14-8-11-25(13-14)18-15(20)5-4-9-22-18/h4-5,9,14H,2-3,6-8,10-13H2,1H3,(H2,21,23,24). The second-order valence-electron chi connectivity index (χ2n) is 6.94. The van der Waals surface area contributed by atoms with E-state index in [2.05, 4.69) is 25.5 Å². The van der Waals surface area contributed by atoms with Crippen molar-refractivity contribution in [2.24, 2.45) is 4.99 Å². The van der Waals surface area contributed by atoms with E-state index in [1.54, 1.807) is 6.20 Å². The summed E-state index contributed by atoms with van der Waals surface area (Å²) in [6.07, 6.45) is 4.24. The zero-order chi connectivity index (χ0) is 19.9. The van der Waals surface area contributed by atoms with Gasteiger partial charge in [-0.1, -0.05) is 11.6 Å². The molecule has 2 saturated heterocycles. The van der Waals surface area contributed by atoms with E-state index >= 15 is 0 Å². The Labute approximate surface area is 170 Å². The van der Waals surface area contributed by atoms with Gasteiger partial charge >= 0.3 is 0 Å². The molecule has 0 bridgehead atoms. The molecule has 0 aliphatic carbocycles. The number of amides is 2. The lowest BCUT2D eigenvalue weighted by molar-refractivity contribution is -0.147. The number of guanidine groups is 1. The smallest absolute Gasteiger partial charge is 0.229 e. The molecule has 3 rings (SSSR count). The molecule has 1 aromatic heterocycles. The predicted molar refractivity (Wildman–Crippen MR) is 110 cm³/mol. The van der Waals surface area contributed by atoms with Gasteiger partial charge in [0, 0.05) is 51.3 Å². The number of pyridine rings is 1. The summed E-state index contributed by atoms with van der Waals surface area (Å²) in [6, 6.07) is 3.89. The largest absolute Gasteiger partial charge is 0.357 e. The van der Waals surface area contributed by atoms with Crippen LogP contribution in [0.5, 0.6) is 0 Å². The fourth-order valence-corrected chi connectivity index (χ4v) is 3.75. The van der Waals surface area contributed by atoms with Gasteiger partial charge in [-0.3, -0.25) is 19.5 Å². The molecule has 0 saturated carbocycles. The lowest BCUT2D eigenvalue weighted by atomic mass is 10.1. The third-order valence-corrected chi connectivity index (χ3v) is 5.18.